The first-order valence-corrected chi connectivity index (χ1v) is 15.7. The third kappa shape index (κ3) is 8.03. The minimum Gasteiger partial charge on any atom is -0.382 e. The summed E-state index contributed by atoms with van der Waals surface area (Å²) in [4.78, 5) is 33.9. The van der Waals surface area contributed by atoms with E-state index >= 15 is 0 Å². The second-order valence-corrected chi connectivity index (χ2v) is 11.7. The van der Waals surface area contributed by atoms with Gasteiger partial charge in [0, 0.05) is 6.54 Å². The molecule has 0 radical (unpaired) electrons. The largest absolute Gasteiger partial charge is 0.469 e. The van der Waals surface area contributed by atoms with Crippen LogP contribution in [0.2, 0.25) is 0 Å². The first-order valence-electron chi connectivity index (χ1n) is 14.2. The van der Waals surface area contributed by atoms with Crippen LogP contribution in [0.15, 0.2) is 36.7 Å². The molecule has 0 spiro atoms. The highest BCUT2D eigenvalue weighted by Crippen LogP contribution is 2.45. The SMILES string of the molecule is CC1(C)O[C@@H]2[C@H](O1)[C@@H](COP(=O)(O)O)O[C@H]2n1cnc2c(N)nc(NCCc3ccccc3)nc21.CCN(CC)CC. The predicted octanol–water partition coefficient (Wildman–Crippen LogP) is 2.94. The van der Waals surface area contributed by atoms with E-state index in [9.17, 15) is 4.57 Å². The minimum atomic E-state index is -4.69. The number of rotatable bonds is 11. The zero-order valence-electron chi connectivity index (χ0n) is 24.7. The highest BCUT2D eigenvalue weighted by molar-refractivity contribution is 7.46. The summed E-state index contributed by atoms with van der Waals surface area (Å²) < 4.78 is 35.7. The molecule has 2 aliphatic rings. The van der Waals surface area contributed by atoms with Crippen molar-refractivity contribution in [3.63, 3.8) is 0 Å². The van der Waals surface area contributed by atoms with Crippen LogP contribution in [0.25, 0.3) is 11.2 Å². The van der Waals surface area contributed by atoms with Crippen LogP contribution in [0.3, 0.4) is 0 Å². The first kappa shape index (κ1) is 32.2. The van der Waals surface area contributed by atoms with E-state index in [2.05, 4.69) is 50.5 Å². The van der Waals surface area contributed by atoms with Crippen LogP contribution in [0.5, 0.6) is 0 Å². The molecule has 3 aromatic rings. The Morgan fingerprint density at radius 1 is 1.10 bits per heavy atom. The van der Waals surface area contributed by atoms with Gasteiger partial charge in [0.15, 0.2) is 23.5 Å². The summed E-state index contributed by atoms with van der Waals surface area (Å²) in [5.41, 5.74) is 8.15. The lowest BCUT2D eigenvalue weighted by atomic mass is 10.1. The van der Waals surface area contributed by atoms with Crippen LogP contribution in [0, 0.1) is 0 Å². The number of hydrogen-bond acceptors (Lipinski definition) is 11. The summed E-state index contributed by atoms with van der Waals surface area (Å²) in [5.74, 6) is -0.380. The second-order valence-electron chi connectivity index (χ2n) is 10.5. The van der Waals surface area contributed by atoms with Crippen LogP contribution >= 0.6 is 7.82 Å². The third-order valence-corrected chi connectivity index (χ3v) is 7.62. The molecule has 42 heavy (non-hydrogen) atoms. The van der Waals surface area contributed by atoms with Crippen molar-refractivity contribution in [1.82, 2.24) is 24.4 Å². The summed E-state index contributed by atoms with van der Waals surface area (Å²) >= 11 is 0. The molecular weight excluding hydrogens is 565 g/mol. The quantitative estimate of drug-likeness (QED) is 0.234. The molecule has 2 aromatic heterocycles. The van der Waals surface area contributed by atoms with Crippen LogP contribution in [0.1, 0.15) is 46.4 Å². The van der Waals surface area contributed by atoms with Crippen molar-refractivity contribution >= 4 is 30.8 Å². The van der Waals surface area contributed by atoms with E-state index in [4.69, 9.17) is 29.7 Å². The number of imidazole rings is 1. The summed E-state index contributed by atoms with van der Waals surface area (Å²) in [6.45, 7) is 13.9. The Balaban J connectivity index is 0.000000517. The lowest BCUT2D eigenvalue weighted by Crippen LogP contribution is -2.32. The van der Waals surface area contributed by atoms with Gasteiger partial charge in [0.2, 0.25) is 5.95 Å². The number of aromatic nitrogens is 4. The van der Waals surface area contributed by atoms with Gasteiger partial charge < -0.3 is 39.9 Å². The van der Waals surface area contributed by atoms with E-state index in [1.807, 2.05) is 30.3 Å². The van der Waals surface area contributed by atoms with Crippen molar-refractivity contribution in [3.8, 4) is 0 Å². The topological polar surface area (TPSA) is 179 Å². The van der Waals surface area contributed by atoms with Gasteiger partial charge in [-0.2, -0.15) is 9.97 Å². The molecule has 0 amide bonds. The van der Waals surface area contributed by atoms with Gasteiger partial charge in [0.25, 0.3) is 0 Å². The summed E-state index contributed by atoms with van der Waals surface area (Å²) in [7, 11) is -4.69. The molecular formula is C27H42N7O7P. The number of phosphoric ester groups is 1. The lowest BCUT2D eigenvalue weighted by Gasteiger charge is -2.24. The lowest BCUT2D eigenvalue weighted by molar-refractivity contribution is -0.199. The number of nitrogens with one attached hydrogen (secondary N) is 1. The van der Waals surface area contributed by atoms with Crippen molar-refractivity contribution in [2.45, 2.75) is 71.4 Å². The molecule has 5 rings (SSSR count). The summed E-state index contributed by atoms with van der Waals surface area (Å²) in [6, 6.07) is 10.0. The summed E-state index contributed by atoms with van der Waals surface area (Å²) in [6.07, 6.45) is -0.465. The van der Waals surface area contributed by atoms with E-state index in [-0.39, 0.29) is 12.4 Å². The van der Waals surface area contributed by atoms with Gasteiger partial charge in [-0.25, -0.2) is 9.55 Å². The van der Waals surface area contributed by atoms with E-state index in [0.29, 0.717) is 23.7 Å². The number of nitrogens with zero attached hydrogens (tertiary/aromatic N) is 5. The maximum absolute atomic E-state index is 11.2. The number of phosphoric acid groups is 1. The maximum Gasteiger partial charge on any atom is 0.469 e. The second kappa shape index (κ2) is 13.7. The molecule has 15 heteroatoms. The average molecular weight is 608 g/mol. The zero-order valence-corrected chi connectivity index (χ0v) is 25.6. The average Bonchev–Trinajstić information content (AvgIpc) is 3.60. The highest BCUT2D eigenvalue weighted by Gasteiger charge is 2.56. The number of anilines is 2. The van der Waals surface area contributed by atoms with E-state index in [1.165, 1.54) is 31.5 Å². The predicted molar refractivity (Wildman–Crippen MR) is 158 cm³/mol. The minimum absolute atomic E-state index is 0.204. The standard InChI is InChI=1S/C21H27N6O7P.C6H15N/c1-21(2)33-15-13(10-31-35(28,29)30)32-19(16(15)34-21)27-11-24-14-17(22)25-20(26-18(14)27)23-9-8-12-6-4-3-5-7-12;1-4-7(5-2)6-3/h3-7,11,13,15-16,19H,8-10H2,1-2H3,(H2,28,29,30)(H3,22,23,25,26);4-6H2,1-3H3/t13-,15-,16-,19-;/m1./s1. The highest BCUT2D eigenvalue weighted by atomic mass is 31.2. The Hall–Kier alpha value is -2.68. The molecule has 5 N–H and O–H groups in total. The molecule has 1 aromatic carbocycles. The number of nitrogen functional groups attached to an aromatic ring is 1. The van der Waals surface area contributed by atoms with Crippen molar-refractivity contribution < 1.29 is 33.1 Å². The van der Waals surface area contributed by atoms with Gasteiger partial charge >= 0.3 is 7.82 Å². The zero-order chi connectivity index (χ0) is 30.5. The molecule has 0 aliphatic carbocycles. The molecule has 2 saturated heterocycles. The fraction of sp³-hybridized carbons (Fsp3) is 0.593. The first-order chi connectivity index (χ1) is 19.9. The number of nitrogens with two attached hydrogens (primary N) is 1. The molecule has 2 fully saturated rings. The Morgan fingerprint density at radius 3 is 2.38 bits per heavy atom. The van der Waals surface area contributed by atoms with Crippen molar-refractivity contribution in [1.29, 1.82) is 0 Å². The van der Waals surface area contributed by atoms with Gasteiger partial charge in [0.05, 0.1) is 12.9 Å². The Morgan fingerprint density at radius 2 is 1.76 bits per heavy atom. The Kier molecular flexibility index (Phi) is 10.5. The van der Waals surface area contributed by atoms with Crippen LogP contribution in [-0.4, -0.2) is 91.1 Å². The fourth-order valence-corrected chi connectivity index (χ4v) is 5.37. The molecule has 4 atom stereocenters. The van der Waals surface area contributed by atoms with Crippen LogP contribution < -0.4 is 11.1 Å². The van der Waals surface area contributed by atoms with Gasteiger partial charge in [-0.1, -0.05) is 51.1 Å². The van der Waals surface area contributed by atoms with E-state index in [0.717, 1.165) is 6.42 Å². The van der Waals surface area contributed by atoms with Gasteiger partial charge in [-0.15, -0.1) is 0 Å². The molecule has 14 nitrogen and oxygen atoms in total. The number of ether oxygens (including phenoxy) is 3. The molecule has 0 saturated carbocycles. The monoisotopic (exact) mass is 607 g/mol. The number of benzene rings is 1. The molecule has 0 unspecified atom stereocenters. The maximum atomic E-state index is 11.2. The third-order valence-electron chi connectivity index (χ3n) is 7.14. The van der Waals surface area contributed by atoms with E-state index in [1.54, 1.807) is 18.4 Å². The normalized spacial score (nSPS) is 23.1. The number of fused-ring (bicyclic) bond motifs is 2. The van der Waals surface area contributed by atoms with Gasteiger partial charge in [-0.3, -0.25) is 9.09 Å². The Bertz CT molecular complexity index is 1340. The van der Waals surface area contributed by atoms with Crippen molar-refractivity contribution in [2.24, 2.45) is 0 Å². The van der Waals surface area contributed by atoms with Gasteiger partial charge in [0.1, 0.15) is 23.8 Å². The van der Waals surface area contributed by atoms with Crippen molar-refractivity contribution in [3.05, 3.63) is 42.2 Å². The van der Waals surface area contributed by atoms with Gasteiger partial charge in [-0.05, 0) is 45.5 Å². The van der Waals surface area contributed by atoms with Crippen LogP contribution in [0.4, 0.5) is 11.8 Å². The van der Waals surface area contributed by atoms with Crippen LogP contribution in [-0.2, 0) is 29.7 Å². The molecule has 0 bridgehead atoms. The van der Waals surface area contributed by atoms with Crippen molar-refractivity contribution in [2.75, 3.05) is 43.8 Å². The fourth-order valence-electron chi connectivity index (χ4n) is 5.03. The van der Waals surface area contributed by atoms with E-state index < -0.39 is 38.1 Å². The molecule has 2 aliphatic heterocycles. The smallest absolute Gasteiger partial charge is 0.382 e. The Labute approximate surface area is 245 Å². The molecule has 4 heterocycles. The number of hydrogen-bond donors (Lipinski definition) is 4. The summed E-state index contributed by atoms with van der Waals surface area (Å²) in [5, 5.41) is 3.19. The molecule has 232 valence electrons.